The molecule has 2 aliphatic carbocycles. The molecule has 1 heterocycles. The molecule has 0 aromatic heterocycles. The number of halogens is 2. The van der Waals surface area contributed by atoms with Crippen molar-refractivity contribution in [3.8, 4) is 5.75 Å². The number of amides is 1. The number of benzene rings is 2. The molecule has 5 rings (SSSR count). The van der Waals surface area contributed by atoms with E-state index in [2.05, 4.69) is 70.2 Å². The van der Waals surface area contributed by atoms with Crippen LogP contribution in [-0.4, -0.2) is 24.1 Å². The lowest BCUT2D eigenvalue weighted by Gasteiger charge is -2.44. The number of hydrogen-bond acceptors (Lipinski definition) is 5. The van der Waals surface area contributed by atoms with Crippen LogP contribution in [0.15, 0.2) is 61.8 Å². The van der Waals surface area contributed by atoms with E-state index in [-0.39, 0.29) is 34.9 Å². The van der Waals surface area contributed by atoms with Crippen molar-refractivity contribution in [1.82, 2.24) is 5.32 Å². The summed E-state index contributed by atoms with van der Waals surface area (Å²) >= 11 is 7.28. The van der Waals surface area contributed by atoms with Gasteiger partial charge >= 0.3 is 0 Å². The van der Waals surface area contributed by atoms with Gasteiger partial charge in [0.25, 0.3) is 5.91 Å². The number of carbonyl (C=O) groups excluding carboxylic acids is 3. The number of carbonyl (C=O) groups is 3. The fraction of sp³-hybridized carbons (Fsp3) is 0.424. The maximum absolute atomic E-state index is 13.6. The standard InChI is InChI=1S/C33H36Br2N2O4/c1-17-8-7-9-22(18(17)2)37-27(40)16-41-31-20(34)10-19(11-21(31)35)28-29-23(12-32(3,4)14-25(29)38)36-24-13-33(5,6)15-26(39)30(24)28/h7-11,28,36H,12-16H2,1-6H3,(H,37,40). The summed E-state index contributed by atoms with van der Waals surface area (Å²) in [4.78, 5) is 40.0. The summed E-state index contributed by atoms with van der Waals surface area (Å²) in [5, 5.41) is 6.47. The van der Waals surface area contributed by atoms with E-state index in [1.54, 1.807) is 0 Å². The monoisotopic (exact) mass is 682 g/mol. The summed E-state index contributed by atoms with van der Waals surface area (Å²) in [5.74, 6) is -0.0882. The molecule has 0 atom stereocenters. The first-order valence-corrected chi connectivity index (χ1v) is 15.5. The van der Waals surface area contributed by atoms with Gasteiger partial charge in [0, 0.05) is 47.0 Å². The van der Waals surface area contributed by atoms with E-state index in [1.807, 2.05) is 44.2 Å². The van der Waals surface area contributed by atoms with Crippen molar-refractivity contribution in [2.75, 3.05) is 11.9 Å². The van der Waals surface area contributed by atoms with E-state index in [1.165, 1.54) is 0 Å². The van der Waals surface area contributed by atoms with Gasteiger partial charge in [-0.15, -0.1) is 0 Å². The predicted molar refractivity (Wildman–Crippen MR) is 168 cm³/mol. The molecule has 41 heavy (non-hydrogen) atoms. The van der Waals surface area contributed by atoms with E-state index in [4.69, 9.17) is 4.74 Å². The Kier molecular flexibility index (Phi) is 7.88. The van der Waals surface area contributed by atoms with E-state index in [9.17, 15) is 14.4 Å². The van der Waals surface area contributed by atoms with Crippen LogP contribution in [0.3, 0.4) is 0 Å². The molecule has 0 unspecified atom stereocenters. The van der Waals surface area contributed by atoms with Crippen molar-refractivity contribution in [3.63, 3.8) is 0 Å². The Hall–Kier alpha value is -2.71. The number of rotatable bonds is 5. The van der Waals surface area contributed by atoms with Crippen molar-refractivity contribution in [2.45, 2.75) is 73.1 Å². The third kappa shape index (κ3) is 5.96. The van der Waals surface area contributed by atoms with Gasteiger partial charge in [0.2, 0.25) is 0 Å². The topological polar surface area (TPSA) is 84.5 Å². The molecule has 0 saturated heterocycles. The van der Waals surface area contributed by atoms with Crippen molar-refractivity contribution < 1.29 is 19.1 Å². The van der Waals surface area contributed by atoms with Gasteiger partial charge in [-0.2, -0.15) is 0 Å². The number of hydrogen-bond donors (Lipinski definition) is 2. The highest BCUT2D eigenvalue weighted by atomic mass is 79.9. The fourth-order valence-corrected chi connectivity index (χ4v) is 7.77. The molecule has 2 aromatic rings. The average Bonchev–Trinajstić information content (AvgIpc) is 2.83. The number of aryl methyl sites for hydroxylation is 1. The Balaban J connectivity index is 1.47. The molecular formula is C33H36Br2N2O4. The highest BCUT2D eigenvalue weighted by molar-refractivity contribution is 9.11. The number of ketones is 2. The number of anilines is 1. The number of dihydropyridines is 1. The van der Waals surface area contributed by atoms with Gasteiger partial charge in [-0.3, -0.25) is 14.4 Å². The molecule has 2 aromatic carbocycles. The van der Waals surface area contributed by atoms with E-state index in [0.717, 1.165) is 46.6 Å². The zero-order chi connectivity index (χ0) is 29.9. The zero-order valence-electron chi connectivity index (χ0n) is 24.4. The molecular weight excluding hydrogens is 648 g/mol. The molecule has 0 bridgehead atoms. The molecule has 0 spiro atoms. The van der Waals surface area contributed by atoms with Gasteiger partial charge in [0.1, 0.15) is 5.75 Å². The van der Waals surface area contributed by atoms with E-state index in [0.29, 0.717) is 38.7 Å². The van der Waals surface area contributed by atoms with Crippen LogP contribution in [0.2, 0.25) is 0 Å². The Morgan fingerprint density at radius 1 is 0.927 bits per heavy atom. The summed E-state index contributed by atoms with van der Waals surface area (Å²) < 4.78 is 7.22. The molecule has 2 N–H and O–H groups in total. The number of ether oxygens (including phenoxy) is 1. The van der Waals surface area contributed by atoms with Crippen molar-refractivity contribution in [2.24, 2.45) is 10.8 Å². The largest absolute Gasteiger partial charge is 0.481 e. The highest BCUT2D eigenvalue weighted by Gasteiger charge is 2.46. The first kappa shape index (κ1) is 29.8. The SMILES string of the molecule is Cc1cccc(NC(=O)COc2c(Br)cc(C3C4=C(CC(C)(C)CC4=O)NC4=C3C(=O)CC(C)(C)C4)cc2Br)c1C. The number of allylic oxidation sites excluding steroid dienone is 4. The molecule has 3 aliphatic rings. The summed E-state index contributed by atoms with van der Waals surface area (Å²) in [5.41, 5.74) is 6.62. The molecule has 1 amide bonds. The van der Waals surface area contributed by atoms with Crippen LogP contribution in [0, 0.1) is 24.7 Å². The number of nitrogens with one attached hydrogen (secondary N) is 2. The molecule has 0 radical (unpaired) electrons. The van der Waals surface area contributed by atoms with Crippen molar-refractivity contribution in [1.29, 1.82) is 0 Å². The lowest BCUT2D eigenvalue weighted by Crippen LogP contribution is -2.42. The molecule has 8 heteroatoms. The molecule has 0 saturated carbocycles. The smallest absolute Gasteiger partial charge is 0.262 e. The van der Waals surface area contributed by atoms with Crippen molar-refractivity contribution in [3.05, 3.63) is 78.5 Å². The van der Waals surface area contributed by atoms with E-state index < -0.39 is 5.92 Å². The van der Waals surface area contributed by atoms with Crippen LogP contribution in [-0.2, 0) is 14.4 Å². The Morgan fingerprint density at radius 3 is 2.00 bits per heavy atom. The van der Waals surface area contributed by atoms with Crippen LogP contribution in [0.25, 0.3) is 0 Å². The highest BCUT2D eigenvalue weighted by Crippen LogP contribution is 2.52. The normalized spacial score (nSPS) is 19.9. The second-order valence-electron chi connectivity index (χ2n) is 13.1. The zero-order valence-corrected chi connectivity index (χ0v) is 27.6. The second kappa shape index (κ2) is 10.8. The summed E-state index contributed by atoms with van der Waals surface area (Å²) in [6, 6.07) is 9.60. The quantitative estimate of drug-likeness (QED) is 0.336. The summed E-state index contributed by atoms with van der Waals surface area (Å²) in [7, 11) is 0. The van der Waals surface area contributed by atoms with Gasteiger partial charge in [-0.1, -0.05) is 39.8 Å². The van der Waals surface area contributed by atoms with Gasteiger partial charge < -0.3 is 15.4 Å². The minimum absolute atomic E-state index is 0.0774. The Bertz CT molecular complexity index is 1480. The summed E-state index contributed by atoms with van der Waals surface area (Å²) in [6.07, 6.45) is 2.36. The third-order valence-electron chi connectivity index (χ3n) is 8.30. The Morgan fingerprint density at radius 2 is 1.46 bits per heavy atom. The number of Topliss-reactive ketones (excluding diaryl/α,β-unsaturated/α-hetero) is 2. The maximum atomic E-state index is 13.6. The maximum Gasteiger partial charge on any atom is 0.262 e. The Labute approximate surface area is 258 Å². The molecule has 216 valence electrons. The first-order valence-electron chi connectivity index (χ1n) is 13.9. The lowest BCUT2D eigenvalue weighted by molar-refractivity contribution is -0.119. The minimum Gasteiger partial charge on any atom is -0.481 e. The van der Waals surface area contributed by atoms with Gasteiger partial charge in [0.05, 0.1) is 8.95 Å². The van der Waals surface area contributed by atoms with Crippen LogP contribution in [0.4, 0.5) is 5.69 Å². The second-order valence-corrected chi connectivity index (χ2v) is 14.8. The van der Waals surface area contributed by atoms with Crippen LogP contribution in [0.5, 0.6) is 5.75 Å². The van der Waals surface area contributed by atoms with Gasteiger partial charge in [0.15, 0.2) is 18.2 Å². The summed E-state index contributed by atoms with van der Waals surface area (Å²) in [6.45, 7) is 12.2. The molecule has 0 fully saturated rings. The van der Waals surface area contributed by atoms with Gasteiger partial charge in [-0.25, -0.2) is 0 Å². The predicted octanol–water partition coefficient (Wildman–Crippen LogP) is 7.82. The molecule has 1 aliphatic heterocycles. The average molecular weight is 684 g/mol. The molecule has 6 nitrogen and oxygen atoms in total. The van der Waals surface area contributed by atoms with Crippen LogP contribution >= 0.6 is 31.9 Å². The lowest BCUT2D eigenvalue weighted by atomic mass is 9.64. The first-order chi connectivity index (χ1) is 19.2. The van der Waals surface area contributed by atoms with Crippen LogP contribution < -0.4 is 15.4 Å². The van der Waals surface area contributed by atoms with Crippen LogP contribution in [0.1, 0.15) is 76.0 Å². The fourth-order valence-electron chi connectivity index (χ4n) is 6.32. The van der Waals surface area contributed by atoms with Gasteiger partial charge in [-0.05, 0) is 104 Å². The third-order valence-corrected chi connectivity index (χ3v) is 9.48. The van der Waals surface area contributed by atoms with Crippen molar-refractivity contribution >= 4 is 55.0 Å². The minimum atomic E-state index is -0.456. The van der Waals surface area contributed by atoms with E-state index >= 15 is 0 Å².